The van der Waals surface area contributed by atoms with Gasteiger partial charge in [-0.15, -0.1) is 0 Å². The second-order valence-electron chi connectivity index (χ2n) is 4.32. The van der Waals surface area contributed by atoms with E-state index in [-0.39, 0.29) is 0 Å². The van der Waals surface area contributed by atoms with Crippen LogP contribution in [0.15, 0.2) is 0 Å². The van der Waals surface area contributed by atoms with Crippen LogP contribution in [0.25, 0.3) is 0 Å². The molecule has 0 heterocycles. The van der Waals surface area contributed by atoms with Crippen LogP contribution >= 0.6 is 0 Å². The molecule has 0 saturated heterocycles. The van der Waals surface area contributed by atoms with E-state index >= 15 is 0 Å². The Balaban J connectivity index is 3.02. The third-order valence-electron chi connectivity index (χ3n) is 1.43. The highest BCUT2D eigenvalue weighted by Gasteiger charge is 2.12. The SMILES string of the molecule is CCCCCOC[Si](C)(C)C. The fourth-order valence-corrected chi connectivity index (χ4v) is 1.59. The predicted octanol–water partition coefficient (Wildman–Crippen LogP) is 3.07. The monoisotopic (exact) mass is 174 g/mol. The minimum Gasteiger partial charge on any atom is -0.385 e. The summed E-state index contributed by atoms with van der Waals surface area (Å²) in [5.74, 6) is 0. The summed E-state index contributed by atoms with van der Waals surface area (Å²) in [5.41, 5.74) is 0. The first-order valence-corrected chi connectivity index (χ1v) is 8.35. The molecule has 0 unspecified atom stereocenters. The van der Waals surface area contributed by atoms with Gasteiger partial charge in [-0.1, -0.05) is 39.4 Å². The molecule has 0 spiro atoms. The lowest BCUT2D eigenvalue weighted by Crippen LogP contribution is -2.28. The first-order chi connectivity index (χ1) is 5.06. The topological polar surface area (TPSA) is 9.23 Å². The van der Waals surface area contributed by atoms with Crippen molar-refractivity contribution in [1.82, 2.24) is 0 Å². The zero-order chi connectivity index (χ0) is 8.74. The standard InChI is InChI=1S/C9H22OSi/c1-5-6-7-8-10-9-11(2,3)4/h5-9H2,1-4H3. The lowest BCUT2D eigenvalue weighted by molar-refractivity contribution is 0.168. The van der Waals surface area contributed by atoms with Gasteiger partial charge >= 0.3 is 0 Å². The van der Waals surface area contributed by atoms with Crippen molar-refractivity contribution in [3.8, 4) is 0 Å². The summed E-state index contributed by atoms with van der Waals surface area (Å²) in [4.78, 5) is 0. The molecule has 0 aromatic carbocycles. The van der Waals surface area contributed by atoms with E-state index in [0.29, 0.717) is 0 Å². The van der Waals surface area contributed by atoms with Crippen LogP contribution in [0.3, 0.4) is 0 Å². The highest BCUT2D eigenvalue weighted by atomic mass is 28.3. The van der Waals surface area contributed by atoms with E-state index in [9.17, 15) is 0 Å². The van der Waals surface area contributed by atoms with Gasteiger partial charge in [0.2, 0.25) is 0 Å². The lowest BCUT2D eigenvalue weighted by Gasteiger charge is -2.15. The number of rotatable bonds is 6. The second kappa shape index (κ2) is 5.78. The summed E-state index contributed by atoms with van der Waals surface area (Å²) in [6, 6.07) is 0. The van der Waals surface area contributed by atoms with Gasteiger partial charge < -0.3 is 4.74 Å². The fraction of sp³-hybridized carbons (Fsp3) is 1.00. The third kappa shape index (κ3) is 10.2. The predicted molar refractivity (Wildman–Crippen MR) is 53.7 cm³/mol. The van der Waals surface area contributed by atoms with E-state index < -0.39 is 8.07 Å². The number of hydrogen-bond acceptors (Lipinski definition) is 1. The Hall–Kier alpha value is 0.177. The lowest BCUT2D eigenvalue weighted by atomic mass is 10.3. The van der Waals surface area contributed by atoms with Crippen molar-refractivity contribution in [2.24, 2.45) is 0 Å². The highest BCUT2D eigenvalue weighted by Crippen LogP contribution is 2.02. The van der Waals surface area contributed by atoms with Gasteiger partial charge in [-0.05, 0) is 6.42 Å². The molecule has 0 aromatic rings. The van der Waals surface area contributed by atoms with Gasteiger partial charge in [-0.3, -0.25) is 0 Å². The third-order valence-corrected chi connectivity index (χ3v) is 2.50. The summed E-state index contributed by atoms with van der Waals surface area (Å²) in [5, 5.41) is 0. The molecule has 2 heteroatoms. The van der Waals surface area contributed by atoms with Gasteiger partial charge in [0.05, 0.1) is 8.07 Å². The van der Waals surface area contributed by atoms with E-state index in [0.717, 1.165) is 12.8 Å². The molecule has 0 aliphatic rings. The molecule has 0 atom stereocenters. The Bertz CT molecular complexity index is 86.1. The van der Waals surface area contributed by atoms with Crippen LogP contribution in [-0.4, -0.2) is 20.9 Å². The maximum Gasteiger partial charge on any atom is 0.0746 e. The molecule has 0 radical (unpaired) electrons. The highest BCUT2D eigenvalue weighted by molar-refractivity contribution is 6.76. The number of unbranched alkanes of at least 4 members (excludes halogenated alkanes) is 2. The van der Waals surface area contributed by atoms with Crippen molar-refractivity contribution in [2.75, 3.05) is 12.8 Å². The Labute approximate surface area is 72.2 Å². The molecule has 0 N–H and O–H groups in total. The molecule has 0 fully saturated rings. The van der Waals surface area contributed by atoms with Crippen molar-refractivity contribution in [2.45, 2.75) is 45.8 Å². The van der Waals surface area contributed by atoms with Crippen LogP contribution < -0.4 is 0 Å². The average Bonchev–Trinajstić information content (AvgIpc) is 1.85. The molecule has 0 rings (SSSR count). The number of hydrogen-bond donors (Lipinski definition) is 0. The molecule has 0 aromatic heterocycles. The van der Waals surface area contributed by atoms with Crippen molar-refractivity contribution >= 4 is 8.07 Å². The smallest absolute Gasteiger partial charge is 0.0746 e. The van der Waals surface area contributed by atoms with Gasteiger partial charge in [0.1, 0.15) is 0 Å². The maximum absolute atomic E-state index is 5.56. The van der Waals surface area contributed by atoms with E-state index in [1.165, 1.54) is 19.3 Å². The van der Waals surface area contributed by atoms with Crippen LogP contribution in [0.2, 0.25) is 19.6 Å². The summed E-state index contributed by atoms with van der Waals surface area (Å²) in [6.07, 6.45) is 4.86. The molecular formula is C9H22OSi. The van der Waals surface area contributed by atoms with Gasteiger partial charge in [-0.25, -0.2) is 0 Å². The van der Waals surface area contributed by atoms with E-state index in [1.807, 2.05) is 0 Å². The van der Waals surface area contributed by atoms with Gasteiger partial charge in [0.15, 0.2) is 0 Å². The number of ether oxygens (including phenoxy) is 1. The minimum absolute atomic E-state index is 0.940. The van der Waals surface area contributed by atoms with Crippen molar-refractivity contribution in [3.05, 3.63) is 0 Å². The van der Waals surface area contributed by atoms with Gasteiger partial charge in [-0.2, -0.15) is 0 Å². The Morgan fingerprint density at radius 2 is 1.73 bits per heavy atom. The van der Waals surface area contributed by atoms with Crippen LogP contribution in [0, 0.1) is 0 Å². The Morgan fingerprint density at radius 1 is 1.09 bits per heavy atom. The largest absolute Gasteiger partial charge is 0.385 e. The first-order valence-electron chi connectivity index (χ1n) is 4.64. The second-order valence-corrected chi connectivity index (χ2v) is 9.73. The van der Waals surface area contributed by atoms with Crippen LogP contribution in [0.4, 0.5) is 0 Å². The van der Waals surface area contributed by atoms with Gasteiger partial charge in [0.25, 0.3) is 0 Å². The molecule has 0 saturated carbocycles. The van der Waals surface area contributed by atoms with Gasteiger partial charge in [0, 0.05) is 12.8 Å². The minimum atomic E-state index is -0.940. The molecule has 11 heavy (non-hydrogen) atoms. The molecular weight excluding hydrogens is 152 g/mol. The fourth-order valence-electron chi connectivity index (χ4n) is 0.832. The molecule has 0 bridgehead atoms. The Kier molecular flexibility index (Phi) is 5.87. The van der Waals surface area contributed by atoms with Crippen LogP contribution in [0.1, 0.15) is 26.2 Å². The zero-order valence-corrected chi connectivity index (χ0v) is 9.44. The summed E-state index contributed by atoms with van der Waals surface area (Å²) in [7, 11) is -0.940. The molecule has 68 valence electrons. The van der Waals surface area contributed by atoms with Crippen LogP contribution in [0.5, 0.6) is 0 Å². The normalized spacial score (nSPS) is 12.0. The molecule has 0 aliphatic heterocycles. The van der Waals surface area contributed by atoms with E-state index in [2.05, 4.69) is 26.6 Å². The van der Waals surface area contributed by atoms with E-state index in [4.69, 9.17) is 4.74 Å². The zero-order valence-electron chi connectivity index (χ0n) is 8.44. The molecule has 0 aliphatic carbocycles. The van der Waals surface area contributed by atoms with Crippen LogP contribution in [-0.2, 0) is 4.74 Å². The van der Waals surface area contributed by atoms with E-state index in [1.54, 1.807) is 0 Å². The molecule has 1 nitrogen and oxygen atoms in total. The summed E-state index contributed by atoms with van der Waals surface area (Å²) in [6.45, 7) is 10.2. The van der Waals surface area contributed by atoms with Crippen molar-refractivity contribution in [3.63, 3.8) is 0 Å². The van der Waals surface area contributed by atoms with Crippen molar-refractivity contribution in [1.29, 1.82) is 0 Å². The quantitative estimate of drug-likeness (QED) is 0.444. The maximum atomic E-state index is 5.56. The van der Waals surface area contributed by atoms with Crippen molar-refractivity contribution < 1.29 is 4.74 Å². The Morgan fingerprint density at radius 3 is 2.18 bits per heavy atom. The molecule has 0 amide bonds. The average molecular weight is 174 g/mol. The summed E-state index contributed by atoms with van der Waals surface area (Å²) < 4.78 is 5.56. The first kappa shape index (κ1) is 11.2. The summed E-state index contributed by atoms with van der Waals surface area (Å²) >= 11 is 0.